The summed E-state index contributed by atoms with van der Waals surface area (Å²) < 4.78 is 12.2. The smallest absolute Gasteiger partial charge is 0.407 e. The zero-order valence-electron chi connectivity index (χ0n) is 22.0. The molecule has 0 aliphatic heterocycles. The highest BCUT2D eigenvalue weighted by Crippen LogP contribution is 2.41. The number of nitrogens with one attached hydrogen (secondary N) is 1. The number of aliphatic hydroxyl groups excluding tert-OH is 3. The molecule has 5 atom stereocenters. The lowest BCUT2D eigenvalue weighted by molar-refractivity contribution is -0.143. The summed E-state index contributed by atoms with van der Waals surface area (Å²) in [5, 5.41) is 34.9. The fourth-order valence-electron chi connectivity index (χ4n) is 5.09. The molecule has 0 bridgehead atoms. The number of carbonyl (C=O) groups is 1. The number of hydrogen-bond acceptors (Lipinski definition) is 6. The van der Waals surface area contributed by atoms with Crippen LogP contribution >= 0.6 is 0 Å². The van der Waals surface area contributed by atoms with E-state index in [1.54, 1.807) is 20.8 Å². The van der Waals surface area contributed by atoms with Crippen LogP contribution in [0.5, 0.6) is 0 Å². The first-order valence-corrected chi connectivity index (χ1v) is 13.0. The van der Waals surface area contributed by atoms with Gasteiger partial charge in [0, 0.05) is 5.92 Å². The van der Waals surface area contributed by atoms with E-state index in [0.717, 1.165) is 16.7 Å². The van der Waals surface area contributed by atoms with E-state index < -0.39 is 47.6 Å². The topological polar surface area (TPSA) is 108 Å². The van der Waals surface area contributed by atoms with Crippen molar-refractivity contribution in [3.05, 3.63) is 108 Å². The van der Waals surface area contributed by atoms with Gasteiger partial charge in [0.05, 0.1) is 18.8 Å². The lowest BCUT2D eigenvalue weighted by atomic mass is 9.78. The average molecular weight is 520 g/mol. The largest absolute Gasteiger partial charge is 0.444 e. The lowest BCUT2D eigenvalue weighted by Crippen LogP contribution is -2.60. The molecule has 0 spiro atoms. The van der Waals surface area contributed by atoms with Crippen molar-refractivity contribution in [2.45, 2.75) is 62.7 Å². The Bertz CT molecular complexity index is 1070. The van der Waals surface area contributed by atoms with Crippen LogP contribution in [0, 0.1) is 5.92 Å². The minimum atomic E-state index is -1.46. The third-order valence-corrected chi connectivity index (χ3v) is 6.91. The summed E-state index contributed by atoms with van der Waals surface area (Å²) in [6.45, 7) is 5.29. The third-order valence-electron chi connectivity index (χ3n) is 6.91. The molecule has 3 aromatic rings. The van der Waals surface area contributed by atoms with Crippen LogP contribution in [0.1, 0.15) is 43.9 Å². The molecule has 1 aliphatic carbocycles. The summed E-state index contributed by atoms with van der Waals surface area (Å²) in [6.07, 6.45) is -4.57. The zero-order valence-corrected chi connectivity index (χ0v) is 22.0. The van der Waals surface area contributed by atoms with Crippen molar-refractivity contribution in [1.82, 2.24) is 5.32 Å². The molecule has 4 N–H and O–H groups in total. The summed E-state index contributed by atoms with van der Waals surface area (Å²) in [4.78, 5) is 12.4. The fourth-order valence-corrected chi connectivity index (χ4v) is 5.09. The Hall–Kier alpha value is -3.23. The maximum atomic E-state index is 12.4. The van der Waals surface area contributed by atoms with E-state index in [4.69, 9.17) is 9.47 Å². The Kier molecular flexibility index (Phi) is 8.53. The van der Waals surface area contributed by atoms with Crippen molar-refractivity contribution < 1.29 is 29.6 Å². The standard InChI is InChI=1S/C31H37NO6/c1-30(2,3)38-29(36)32-25-19-21(26(33)28(35)27(25)34)20-37-31(22-13-7-4-8-14-22,23-15-9-5-10-16-23)24-17-11-6-12-18-24/h4-18,21,25-28,33-35H,19-20H2,1-3H3,(H,32,36)/t21-,25+,26-,27+,28+/m1/s1. The predicted molar refractivity (Wildman–Crippen MR) is 144 cm³/mol. The molecule has 3 aromatic carbocycles. The molecule has 0 unspecified atom stereocenters. The van der Waals surface area contributed by atoms with Gasteiger partial charge in [-0.25, -0.2) is 4.79 Å². The maximum Gasteiger partial charge on any atom is 0.407 e. The quantitative estimate of drug-likeness (QED) is 0.352. The molecule has 1 fully saturated rings. The molecule has 1 aliphatic rings. The maximum absolute atomic E-state index is 12.4. The van der Waals surface area contributed by atoms with Crippen molar-refractivity contribution in [3.63, 3.8) is 0 Å². The van der Waals surface area contributed by atoms with Gasteiger partial charge < -0.3 is 30.1 Å². The molecule has 4 rings (SSSR count). The van der Waals surface area contributed by atoms with Crippen molar-refractivity contribution in [2.24, 2.45) is 5.92 Å². The van der Waals surface area contributed by atoms with E-state index in [9.17, 15) is 20.1 Å². The van der Waals surface area contributed by atoms with Crippen LogP contribution in [0.2, 0.25) is 0 Å². The van der Waals surface area contributed by atoms with Gasteiger partial charge in [0.25, 0.3) is 0 Å². The van der Waals surface area contributed by atoms with Crippen LogP contribution in [0.15, 0.2) is 91.0 Å². The number of amides is 1. The third kappa shape index (κ3) is 6.08. The Morgan fingerprint density at radius 2 is 1.21 bits per heavy atom. The number of hydrogen-bond donors (Lipinski definition) is 4. The van der Waals surface area contributed by atoms with Gasteiger partial charge in [-0.3, -0.25) is 0 Å². The Balaban J connectivity index is 1.67. The molecule has 202 valence electrons. The summed E-state index contributed by atoms with van der Waals surface area (Å²) in [5.41, 5.74) is 1.01. The van der Waals surface area contributed by atoms with Gasteiger partial charge in [-0.2, -0.15) is 0 Å². The van der Waals surface area contributed by atoms with Gasteiger partial charge in [0.15, 0.2) is 0 Å². The van der Waals surface area contributed by atoms with Crippen LogP contribution in [-0.2, 0) is 15.1 Å². The average Bonchev–Trinajstić information content (AvgIpc) is 2.91. The SMILES string of the molecule is CC(C)(C)OC(=O)N[C@H]1C[C@H](COC(c2ccccc2)(c2ccccc2)c2ccccc2)[C@@H](O)[C@H](O)[C@H]1O. The molecule has 7 nitrogen and oxygen atoms in total. The number of benzene rings is 3. The van der Waals surface area contributed by atoms with Crippen LogP contribution in [0.4, 0.5) is 4.79 Å². The van der Waals surface area contributed by atoms with E-state index in [1.807, 2.05) is 91.0 Å². The molecule has 1 saturated carbocycles. The van der Waals surface area contributed by atoms with E-state index in [0.29, 0.717) is 0 Å². The molecule has 0 saturated heterocycles. The molecule has 38 heavy (non-hydrogen) atoms. The summed E-state index contributed by atoms with van der Waals surface area (Å²) in [7, 11) is 0. The van der Waals surface area contributed by atoms with Crippen LogP contribution in [0.3, 0.4) is 0 Å². The van der Waals surface area contributed by atoms with Crippen molar-refractivity contribution in [1.29, 1.82) is 0 Å². The molecule has 0 radical (unpaired) electrons. The zero-order chi connectivity index (χ0) is 27.3. The molecular weight excluding hydrogens is 482 g/mol. The van der Waals surface area contributed by atoms with Crippen molar-refractivity contribution in [3.8, 4) is 0 Å². The summed E-state index contributed by atoms with van der Waals surface area (Å²) in [5.74, 6) is -0.580. The number of carbonyl (C=O) groups excluding carboxylic acids is 1. The van der Waals surface area contributed by atoms with Crippen LogP contribution in [0.25, 0.3) is 0 Å². The van der Waals surface area contributed by atoms with Crippen molar-refractivity contribution in [2.75, 3.05) is 6.61 Å². The van der Waals surface area contributed by atoms with E-state index in [1.165, 1.54) is 0 Å². The van der Waals surface area contributed by atoms with Crippen molar-refractivity contribution >= 4 is 6.09 Å². The van der Waals surface area contributed by atoms with Gasteiger partial charge in [0.2, 0.25) is 0 Å². The molecule has 1 amide bonds. The number of aliphatic hydroxyl groups is 3. The Labute approximate surface area is 224 Å². The molecule has 7 heteroatoms. The second kappa shape index (κ2) is 11.7. The van der Waals surface area contributed by atoms with Gasteiger partial charge in [-0.1, -0.05) is 91.0 Å². The Morgan fingerprint density at radius 1 is 0.763 bits per heavy atom. The number of ether oxygens (including phenoxy) is 2. The predicted octanol–water partition coefficient (Wildman–Crippen LogP) is 3.99. The minimum absolute atomic E-state index is 0.0517. The summed E-state index contributed by atoms with van der Waals surface area (Å²) >= 11 is 0. The molecule has 0 heterocycles. The molecule has 0 aromatic heterocycles. The normalized spacial score (nSPS) is 24.0. The van der Waals surface area contributed by atoms with Crippen LogP contribution in [-0.4, -0.2) is 58.0 Å². The van der Waals surface area contributed by atoms with E-state index in [-0.39, 0.29) is 13.0 Å². The highest BCUT2D eigenvalue weighted by Gasteiger charge is 2.46. The van der Waals surface area contributed by atoms with Crippen LogP contribution < -0.4 is 5.32 Å². The highest BCUT2D eigenvalue weighted by molar-refractivity contribution is 5.68. The number of alkyl carbamates (subject to hydrolysis) is 1. The second-order valence-electron chi connectivity index (χ2n) is 10.8. The van der Waals surface area contributed by atoms with E-state index >= 15 is 0 Å². The minimum Gasteiger partial charge on any atom is -0.444 e. The number of rotatable bonds is 7. The van der Waals surface area contributed by atoms with E-state index in [2.05, 4.69) is 5.32 Å². The van der Waals surface area contributed by atoms with Gasteiger partial charge in [0.1, 0.15) is 23.4 Å². The monoisotopic (exact) mass is 519 g/mol. The highest BCUT2D eigenvalue weighted by atomic mass is 16.6. The second-order valence-corrected chi connectivity index (χ2v) is 10.8. The van der Waals surface area contributed by atoms with Gasteiger partial charge in [-0.15, -0.1) is 0 Å². The Morgan fingerprint density at radius 3 is 1.63 bits per heavy atom. The van der Waals surface area contributed by atoms with Gasteiger partial charge >= 0.3 is 6.09 Å². The first-order valence-electron chi connectivity index (χ1n) is 13.0. The van der Waals surface area contributed by atoms with Gasteiger partial charge in [-0.05, 0) is 43.9 Å². The first kappa shape index (κ1) is 27.8. The fraction of sp³-hybridized carbons (Fsp3) is 0.387. The summed E-state index contributed by atoms with van der Waals surface area (Å²) in [6, 6.07) is 28.8. The first-order chi connectivity index (χ1) is 18.1. The lowest BCUT2D eigenvalue weighted by Gasteiger charge is -2.43. The molecular formula is C31H37NO6.